The number of carbonyl (C=O) groups excluding carboxylic acids is 2. The number of nitrogens with one attached hydrogen (secondary N) is 1. The average molecular weight is 361 g/mol. The van der Waals surface area contributed by atoms with E-state index in [0.717, 1.165) is 0 Å². The summed E-state index contributed by atoms with van der Waals surface area (Å²) in [4.78, 5) is 23.7. The van der Waals surface area contributed by atoms with E-state index in [1.165, 1.54) is 36.4 Å². The van der Waals surface area contributed by atoms with E-state index in [4.69, 9.17) is 9.39 Å². The van der Waals surface area contributed by atoms with Gasteiger partial charge in [-0.2, -0.15) is 0 Å². The van der Waals surface area contributed by atoms with Gasteiger partial charge in [0.1, 0.15) is 24.8 Å². The molecule has 2 N–H and O–H groups in total. The third kappa shape index (κ3) is 3.89. The van der Waals surface area contributed by atoms with Crippen LogP contribution in [0.4, 0.5) is 8.78 Å². The highest BCUT2D eigenvalue weighted by atomic mass is 19.1. The maximum absolute atomic E-state index is 14.4. The first kappa shape index (κ1) is 18.0. The minimum Gasteiger partial charge on any atom is -0.460 e. The first-order chi connectivity index (χ1) is 12.5. The lowest BCUT2D eigenvalue weighted by Gasteiger charge is -2.09. The molecule has 1 amide bonds. The zero-order valence-electron chi connectivity index (χ0n) is 13.5. The van der Waals surface area contributed by atoms with Gasteiger partial charge >= 0.3 is 13.1 Å². The molecule has 0 bridgehead atoms. The molecule has 0 saturated carbocycles. The summed E-state index contributed by atoms with van der Waals surface area (Å²) in [5, 5.41) is 11.8. The van der Waals surface area contributed by atoms with E-state index in [9.17, 15) is 23.4 Å². The molecule has 0 aliphatic carbocycles. The highest BCUT2D eigenvalue weighted by molar-refractivity contribution is 6.61. The summed E-state index contributed by atoms with van der Waals surface area (Å²) in [7, 11) is -1.42. The number of hydrogen-bond donors (Lipinski definition) is 2. The second-order valence-corrected chi connectivity index (χ2v) is 5.63. The molecule has 1 heterocycles. The fourth-order valence-electron chi connectivity index (χ4n) is 2.50. The van der Waals surface area contributed by atoms with Gasteiger partial charge in [-0.05, 0) is 29.3 Å². The van der Waals surface area contributed by atoms with Crippen LogP contribution in [0, 0.1) is 11.6 Å². The number of amides is 1. The molecule has 1 aliphatic heterocycles. The molecule has 0 saturated heterocycles. The zero-order chi connectivity index (χ0) is 18.7. The van der Waals surface area contributed by atoms with Gasteiger partial charge in [-0.15, -0.1) is 0 Å². The van der Waals surface area contributed by atoms with Crippen LogP contribution in [0.5, 0.6) is 0 Å². The lowest BCUT2D eigenvalue weighted by molar-refractivity contribution is -0.143. The molecular formula is C17H14BF2NO5. The summed E-state index contributed by atoms with van der Waals surface area (Å²) in [6.45, 7) is -0.480. The third-order valence-corrected chi connectivity index (χ3v) is 3.86. The van der Waals surface area contributed by atoms with Gasteiger partial charge in [0.2, 0.25) is 0 Å². The van der Waals surface area contributed by atoms with Crippen molar-refractivity contribution in [1.82, 2.24) is 5.32 Å². The highest BCUT2D eigenvalue weighted by Gasteiger charge is 2.33. The Labute approximate surface area is 147 Å². The average Bonchev–Trinajstić information content (AvgIpc) is 3.01. The quantitative estimate of drug-likeness (QED) is 0.604. The number of esters is 1. The van der Waals surface area contributed by atoms with Crippen molar-refractivity contribution in [1.29, 1.82) is 0 Å². The van der Waals surface area contributed by atoms with Gasteiger partial charge in [-0.1, -0.05) is 18.2 Å². The van der Waals surface area contributed by atoms with Gasteiger partial charge in [0.25, 0.3) is 5.91 Å². The molecule has 3 rings (SSSR count). The topological polar surface area (TPSA) is 84.9 Å². The summed E-state index contributed by atoms with van der Waals surface area (Å²) in [6.07, 6.45) is 0. The van der Waals surface area contributed by atoms with Crippen LogP contribution < -0.4 is 10.8 Å². The Bertz CT molecular complexity index is 844. The van der Waals surface area contributed by atoms with Crippen LogP contribution in [-0.4, -0.2) is 30.6 Å². The number of carbonyl (C=O) groups is 2. The summed E-state index contributed by atoms with van der Waals surface area (Å²) in [5.41, 5.74) is 0.672. The standard InChI is InChI=1S/C17H14BF2NO5/c19-12-4-1-10(2-5-12)8-25-14(22)7-21-17(23)13-6-3-11-9-26-18(24)15(11)16(13)20/h1-6,24H,7-9H2,(H,21,23). The van der Waals surface area contributed by atoms with Gasteiger partial charge in [0.05, 0.1) is 12.2 Å². The Morgan fingerprint density at radius 2 is 1.92 bits per heavy atom. The van der Waals surface area contributed by atoms with Crippen molar-refractivity contribution in [2.45, 2.75) is 13.2 Å². The van der Waals surface area contributed by atoms with E-state index in [2.05, 4.69) is 5.32 Å². The van der Waals surface area contributed by atoms with Crippen molar-refractivity contribution in [2.24, 2.45) is 0 Å². The normalized spacial score (nSPS) is 12.7. The summed E-state index contributed by atoms with van der Waals surface area (Å²) in [5.74, 6) is -2.83. The van der Waals surface area contributed by atoms with Gasteiger partial charge < -0.3 is 19.7 Å². The second-order valence-electron chi connectivity index (χ2n) is 5.63. The molecule has 134 valence electrons. The molecule has 2 aromatic rings. The number of ether oxygens (including phenoxy) is 1. The Morgan fingerprint density at radius 3 is 2.65 bits per heavy atom. The van der Waals surface area contributed by atoms with Crippen molar-refractivity contribution >= 4 is 24.5 Å². The van der Waals surface area contributed by atoms with E-state index in [1.54, 1.807) is 0 Å². The first-order valence-corrected chi connectivity index (χ1v) is 7.75. The fraction of sp³-hybridized carbons (Fsp3) is 0.176. The van der Waals surface area contributed by atoms with Crippen LogP contribution in [0.25, 0.3) is 0 Å². The van der Waals surface area contributed by atoms with Crippen LogP contribution in [-0.2, 0) is 27.4 Å². The predicted octanol–water partition coefficient (Wildman–Crippen LogP) is 0.656. The van der Waals surface area contributed by atoms with Crippen LogP contribution in [0.2, 0.25) is 0 Å². The number of rotatable bonds is 5. The molecule has 0 atom stereocenters. The van der Waals surface area contributed by atoms with Crippen LogP contribution in [0.1, 0.15) is 21.5 Å². The molecular weight excluding hydrogens is 347 g/mol. The van der Waals surface area contributed by atoms with Crippen molar-refractivity contribution in [3.05, 3.63) is 64.7 Å². The van der Waals surface area contributed by atoms with E-state index in [-0.39, 0.29) is 24.2 Å². The maximum Gasteiger partial charge on any atom is 0.494 e. The second kappa shape index (κ2) is 7.63. The molecule has 0 radical (unpaired) electrons. The van der Waals surface area contributed by atoms with Gasteiger partial charge in [-0.3, -0.25) is 9.59 Å². The predicted molar refractivity (Wildman–Crippen MR) is 87.3 cm³/mol. The Balaban J connectivity index is 1.55. The third-order valence-electron chi connectivity index (χ3n) is 3.86. The van der Waals surface area contributed by atoms with Crippen LogP contribution in [0.15, 0.2) is 36.4 Å². The number of halogens is 2. The zero-order valence-corrected chi connectivity index (χ0v) is 13.5. The molecule has 1 aliphatic rings. The van der Waals surface area contributed by atoms with E-state index in [1.807, 2.05) is 0 Å². The van der Waals surface area contributed by atoms with Gasteiger partial charge in [0, 0.05) is 5.46 Å². The van der Waals surface area contributed by atoms with Crippen molar-refractivity contribution in [3.8, 4) is 0 Å². The molecule has 0 unspecified atom stereocenters. The lowest BCUT2D eigenvalue weighted by atomic mass is 9.78. The molecule has 2 aromatic carbocycles. The van der Waals surface area contributed by atoms with E-state index >= 15 is 0 Å². The number of fused-ring (bicyclic) bond motifs is 1. The lowest BCUT2D eigenvalue weighted by Crippen LogP contribution is -2.36. The molecule has 0 spiro atoms. The van der Waals surface area contributed by atoms with E-state index in [0.29, 0.717) is 11.1 Å². The minimum atomic E-state index is -1.42. The molecule has 9 heteroatoms. The van der Waals surface area contributed by atoms with Crippen LogP contribution >= 0.6 is 0 Å². The minimum absolute atomic E-state index is 0.0605. The van der Waals surface area contributed by atoms with E-state index < -0.39 is 37.2 Å². The molecule has 0 aromatic heterocycles. The van der Waals surface area contributed by atoms with Crippen molar-refractivity contribution in [2.75, 3.05) is 6.54 Å². The summed E-state index contributed by atoms with van der Waals surface area (Å²) in [6, 6.07) is 8.15. The fourth-order valence-corrected chi connectivity index (χ4v) is 2.50. The number of benzene rings is 2. The maximum atomic E-state index is 14.4. The molecule has 0 fully saturated rings. The molecule has 26 heavy (non-hydrogen) atoms. The Morgan fingerprint density at radius 1 is 1.19 bits per heavy atom. The monoisotopic (exact) mass is 361 g/mol. The Kier molecular flexibility index (Phi) is 5.29. The summed E-state index contributed by atoms with van der Waals surface area (Å²) < 4.78 is 37.0. The number of hydrogen-bond acceptors (Lipinski definition) is 5. The Hall–Kier alpha value is -2.78. The van der Waals surface area contributed by atoms with Crippen molar-refractivity contribution in [3.63, 3.8) is 0 Å². The highest BCUT2D eigenvalue weighted by Crippen LogP contribution is 2.15. The van der Waals surface area contributed by atoms with Crippen molar-refractivity contribution < 1.29 is 32.8 Å². The van der Waals surface area contributed by atoms with Gasteiger partial charge in [-0.25, -0.2) is 8.78 Å². The molecule has 6 nitrogen and oxygen atoms in total. The summed E-state index contributed by atoms with van der Waals surface area (Å²) >= 11 is 0. The smallest absolute Gasteiger partial charge is 0.460 e. The van der Waals surface area contributed by atoms with Crippen LogP contribution in [0.3, 0.4) is 0 Å². The SMILES string of the molecule is O=C(CNC(=O)c1ccc2c(c1F)B(O)OC2)OCc1ccc(F)cc1. The first-order valence-electron chi connectivity index (χ1n) is 7.75. The van der Waals surface area contributed by atoms with Gasteiger partial charge in [0.15, 0.2) is 0 Å². The largest absolute Gasteiger partial charge is 0.494 e.